The summed E-state index contributed by atoms with van der Waals surface area (Å²) in [4.78, 5) is 0. The van der Waals surface area contributed by atoms with E-state index in [-0.39, 0.29) is 0 Å². The lowest BCUT2D eigenvalue weighted by atomic mass is 9.88. The molecule has 2 fully saturated rings. The van der Waals surface area contributed by atoms with Crippen LogP contribution < -0.4 is 0 Å². The SMILES string of the molecule is [CH2]CC1CCC2CC2C1. The van der Waals surface area contributed by atoms with Crippen LogP contribution in [0.2, 0.25) is 0 Å². The Labute approximate surface area is 57.6 Å². The Morgan fingerprint density at radius 3 is 2.67 bits per heavy atom. The van der Waals surface area contributed by atoms with Gasteiger partial charge in [0, 0.05) is 0 Å². The molecule has 0 aromatic rings. The molecule has 0 heteroatoms. The van der Waals surface area contributed by atoms with Gasteiger partial charge in [-0.3, -0.25) is 0 Å². The monoisotopic (exact) mass is 123 g/mol. The van der Waals surface area contributed by atoms with Crippen molar-refractivity contribution in [3.63, 3.8) is 0 Å². The zero-order chi connectivity index (χ0) is 6.27. The van der Waals surface area contributed by atoms with E-state index >= 15 is 0 Å². The van der Waals surface area contributed by atoms with Crippen LogP contribution in [0.1, 0.15) is 32.1 Å². The van der Waals surface area contributed by atoms with E-state index in [0.717, 1.165) is 17.8 Å². The van der Waals surface area contributed by atoms with Crippen molar-refractivity contribution in [1.82, 2.24) is 0 Å². The summed E-state index contributed by atoms with van der Waals surface area (Å²) in [6, 6.07) is 0. The van der Waals surface area contributed by atoms with Crippen molar-refractivity contribution < 1.29 is 0 Å². The van der Waals surface area contributed by atoms with Crippen LogP contribution >= 0.6 is 0 Å². The second-order valence-corrected chi connectivity index (χ2v) is 3.72. The average molecular weight is 123 g/mol. The molecule has 0 nitrogen and oxygen atoms in total. The van der Waals surface area contributed by atoms with E-state index in [1.54, 1.807) is 6.42 Å². The molecule has 0 aliphatic heterocycles. The van der Waals surface area contributed by atoms with Gasteiger partial charge in [-0.05, 0) is 37.0 Å². The minimum Gasteiger partial charge on any atom is -0.0530 e. The van der Waals surface area contributed by atoms with Gasteiger partial charge < -0.3 is 0 Å². The topological polar surface area (TPSA) is 0 Å². The Hall–Kier alpha value is 0. The Morgan fingerprint density at radius 2 is 2.00 bits per heavy atom. The third-order valence-corrected chi connectivity index (χ3v) is 3.06. The maximum atomic E-state index is 3.96. The predicted molar refractivity (Wildman–Crippen MR) is 38.9 cm³/mol. The molecule has 2 aliphatic rings. The highest BCUT2D eigenvalue weighted by molar-refractivity contribution is 4.92. The molecule has 2 aliphatic carbocycles. The van der Waals surface area contributed by atoms with Crippen LogP contribution in [0.25, 0.3) is 0 Å². The Kier molecular flexibility index (Phi) is 1.28. The summed E-state index contributed by atoms with van der Waals surface area (Å²) in [6.07, 6.45) is 7.24. The van der Waals surface area contributed by atoms with Gasteiger partial charge in [-0.15, -0.1) is 0 Å². The van der Waals surface area contributed by atoms with Gasteiger partial charge in [0.25, 0.3) is 0 Å². The molecule has 0 saturated heterocycles. The fourth-order valence-corrected chi connectivity index (χ4v) is 2.21. The highest BCUT2D eigenvalue weighted by atomic mass is 14.5. The van der Waals surface area contributed by atoms with Gasteiger partial charge in [-0.1, -0.05) is 19.8 Å². The third kappa shape index (κ3) is 0.997. The van der Waals surface area contributed by atoms with Crippen molar-refractivity contribution in [3.8, 4) is 0 Å². The second-order valence-electron chi connectivity index (χ2n) is 3.72. The molecule has 3 unspecified atom stereocenters. The fourth-order valence-electron chi connectivity index (χ4n) is 2.21. The van der Waals surface area contributed by atoms with Gasteiger partial charge >= 0.3 is 0 Å². The van der Waals surface area contributed by atoms with Crippen molar-refractivity contribution in [2.24, 2.45) is 17.8 Å². The lowest BCUT2D eigenvalue weighted by molar-refractivity contribution is 0.345. The quantitative estimate of drug-likeness (QED) is 0.503. The van der Waals surface area contributed by atoms with Gasteiger partial charge in [0.2, 0.25) is 0 Å². The molecule has 0 aromatic carbocycles. The molecule has 0 aromatic heterocycles. The van der Waals surface area contributed by atoms with Crippen molar-refractivity contribution in [2.45, 2.75) is 32.1 Å². The summed E-state index contributed by atoms with van der Waals surface area (Å²) in [5.41, 5.74) is 0. The number of fused-ring (bicyclic) bond motifs is 1. The molecular formula is C9H15. The van der Waals surface area contributed by atoms with Crippen molar-refractivity contribution >= 4 is 0 Å². The second kappa shape index (κ2) is 2.00. The molecule has 2 saturated carbocycles. The van der Waals surface area contributed by atoms with Crippen LogP contribution in [0.15, 0.2) is 0 Å². The van der Waals surface area contributed by atoms with Crippen LogP contribution in [0.4, 0.5) is 0 Å². The molecule has 51 valence electrons. The number of hydrogen-bond acceptors (Lipinski definition) is 0. The van der Waals surface area contributed by atoms with E-state index in [4.69, 9.17) is 0 Å². The molecule has 0 bridgehead atoms. The van der Waals surface area contributed by atoms with Gasteiger partial charge in [-0.2, -0.15) is 0 Å². The largest absolute Gasteiger partial charge is 0.0530 e. The lowest BCUT2D eigenvalue weighted by Crippen LogP contribution is -2.06. The first kappa shape index (κ1) is 5.76. The molecule has 0 N–H and O–H groups in total. The van der Waals surface area contributed by atoms with E-state index < -0.39 is 0 Å². The smallest absolute Gasteiger partial charge is 0.0380 e. The van der Waals surface area contributed by atoms with Gasteiger partial charge in [-0.25, -0.2) is 0 Å². The standard InChI is InChI=1S/C9H15/c1-2-7-3-4-8-6-9(8)5-7/h7-9H,1-6H2. The van der Waals surface area contributed by atoms with Gasteiger partial charge in [0.15, 0.2) is 0 Å². The van der Waals surface area contributed by atoms with Crippen LogP contribution in [-0.2, 0) is 0 Å². The lowest BCUT2D eigenvalue weighted by Gasteiger charge is -2.18. The van der Waals surface area contributed by atoms with E-state index in [2.05, 4.69) is 6.92 Å². The van der Waals surface area contributed by atoms with E-state index in [1.807, 2.05) is 0 Å². The number of rotatable bonds is 1. The minimum absolute atomic E-state index is 0.994. The first-order valence-corrected chi connectivity index (χ1v) is 4.19. The Bertz CT molecular complexity index is 107. The van der Waals surface area contributed by atoms with Crippen molar-refractivity contribution in [1.29, 1.82) is 0 Å². The van der Waals surface area contributed by atoms with Crippen LogP contribution in [0.3, 0.4) is 0 Å². The maximum Gasteiger partial charge on any atom is -0.0380 e. The van der Waals surface area contributed by atoms with Gasteiger partial charge in [0.1, 0.15) is 0 Å². The minimum atomic E-state index is 0.994. The van der Waals surface area contributed by atoms with E-state index in [0.29, 0.717) is 0 Å². The zero-order valence-corrected chi connectivity index (χ0v) is 5.97. The highest BCUT2D eigenvalue weighted by Gasteiger charge is 2.41. The highest BCUT2D eigenvalue weighted by Crippen LogP contribution is 2.51. The summed E-state index contributed by atoms with van der Waals surface area (Å²) >= 11 is 0. The van der Waals surface area contributed by atoms with Gasteiger partial charge in [0.05, 0.1) is 0 Å². The summed E-state index contributed by atoms with van der Waals surface area (Å²) in [6.45, 7) is 3.96. The third-order valence-electron chi connectivity index (χ3n) is 3.06. The van der Waals surface area contributed by atoms with Crippen molar-refractivity contribution in [2.75, 3.05) is 0 Å². The van der Waals surface area contributed by atoms with E-state index in [9.17, 15) is 0 Å². The molecule has 2 rings (SSSR count). The first-order chi connectivity index (χ1) is 4.40. The fraction of sp³-hybridized carbons (Fsp3) is 0.889. The Balaban J connectivity index is 1.86. The van der Waals surface area contributed by atoms with Crippen LogP contribution in [0.5, 0.6) is 0 Å². The van der Waals surface area contributed by atoms with Crippen LogP contribution in [-0.4, -0.2) is 0 Å². The molecule has 1 radical (unpaired) electrons. The maximum absolute atomic E-state index is 3.96. The first-order valence-electron chi connectivity index (χ1n) is 4.19. The molecule has 0 heterocycles. The Morgan fingerprint density at radius 1 is 1.11 bits per heavy atom. The molecular weight excluding hydrogens is 108 g/mol. The number of hydrogen-bond donors (Lipinski definition) is 0. The molecule has 0 amide bonds. The molecule has 9 heavy (non-hydrogen) atoms. The molecule has 3 atom stereocenters. The summed E-state index contributed by atoms with van der Waals surface area (Å²) in [5, 5.41) is 0. The summed E-state index contributed by atoms with van der Waals surface area (Å²) < 4.78 is 0. The predicted octanol–water partition coefficient (Wildman–Crippen LogP) is 2.65. The molecule has 0 spiro atoms. The van der Waals surface area contributed by atoms with E-state index in [1.165, 1.54) is 25.7 Å². The summed E-state index contributed by atoms with van der Waals surface area (Å²) in [7, 11) is 0. The normalized spacial score (nSPS) is 48.3. The summed E-state index contributed by atoms with van der Waals surface area (Å²) in [5.74, 6) is 3.30. The van der Waals surface area contributed by atoms with Crippen molar-refractivity contribution in [3.05, 3.63) is 6.92 Å². The zero-order valence-electron chi connectivity index (χ0n) is 5.97. The average Bonchev–Trinajstić information content (AvgIpc) is 2.64. The van der Waals surface area contributed by atoms with Crippen LogP contribution in [0, 0.1) is 24.7 Å².